The first kappa shape index (κ1) is 16.6. The number of hydrogen-bond donors (Lipinski definition) is 1. The van der Waals surface area contributed by atoms with Gasteiger partial charge >= 0.3 is 0 Å². The largest absolute Gasteiger partial charge is 0.378 e. The molecule has 20 heavy (non-hydrogen) atoms. The van der Waals surface area contributed by atoms with Gasteiger partial charge in [0.2, 0.25) is 0 Å². The van der Waals surface area contributed by atoms with Gasteiger partial charge in [-0.15, -0.1) is 12.4 Å². The van der Waals surface area contributed by atoms with Gasteiger partial charge in [0, 0.05) is 31.4 Å². The van der Waals surface area contributed by atoms with Gasteiger partial charge in [-0.25, -0.2) is 0 Å². The Hall–Kier alpha value is -1.49. The van der Waals surface area contributed by atoms with E-state index in [4.69, 9.17) is 0 Å². The quantitative estimate of drug-likeness (QED) is 0.891. The third-order valence-corrected chi connectivity index (χ3v) is 3.37. The molecule has 6 heteroatoms. The third-order valence-electron chi connectivity index (χ3n) is 3.37. The molecule has 0 unspecified atom stereocenters. The standard InChI is InChI=1S/C14H23N5.ClH/c1-5-7-18-10-13(11(3)17-18)8-15-14-9-16-19(6-2)12(14)4;/h9-10,15H,5-8H2,1-4H3;1H. The van der Waals surface area contributed by atoms with E-state index in [1.54, 1.807) is 0 Å². The lowest BCUT2D eigenvalue weighted by molar-refractivity contribution is 0.598. The summed E-state index contributed by atoms with van der Waals surface area (Å²) in [6.45, 7) is 11.1. The first-order valence-electron chi connectivity index (χ1n) is 6.94. The van der Waals surface area contributed by atoms with Crippen molar-refractivity contribution in [2.75, 3.05) is 5.32 Å². The molecule has 0 aliphatic carbocycles. The fourth-order valence-electron chi connectivity index (χ4n) is 2.21. The number of rotatable bonds is 6. The van der Waals surface area contributed by atoms with Crippen LogP contribution >= 0.6 is 12.4 Å². The Morgan fingerprint density at radius 3 is 2.60 bits per heavy atom. The number of nitrogens with zero attached hydrogens (tertiary/aromatic N) is 4. The molecule has 2 aromatic rings. The van der Waals surface area contributed by atoms with Crippen LogP contribution in [0.1, 0.15) is 37.2 Å². The van der Waals surface area contributed by atoms with E-state index in [0.717, 1.165) is 37.4 Å². The summed E-state index contributed by atoms with van der Waals surface area (Å²) in [5.74, 6) is 0. The van der Waals surface area contributed by atoms with Crippen LogP contribution in [0.4, 0.5) is 5.69 Å². The van der Waals surface area contributed by atoms with Gasteiger partial charge in [0.25, 0.3) is 0 Å². The summed E-state index contributed by atoms with van der Waals surface area (Å²) >= 11 is 0. The van der Waals surface area contributed by atoms with E-state index in [0.29, 0.717) is 0 Å². The van der Waals surface area contributed by atoms with Crippen molar-refractivity contribution < 1.29 is 0 Å². The molecule has 2 aromatic heterocycles. The SMILES string of the molecule is CCCn1cc(CNc2cnn(CC)c2C)c(C)n1.Cl. The maximum absolute atomic E-state index is 4.51. The average molecular weight is 298 g/mol. The fraction of sp³-hybridized carbons (Fsp3) is 0.571. The Kier molecular flexibility index (Phi) is 6.07. The monoisotopic (exact) mass is 297 g/mol. The van der Waals surface area contributed by atoms with Gasteiger partial charge in [-0.2, -0.15) is 10.2 Å². The minimum absolute atomic E-state index is 0. The molecule has 0 aliphatic heterocycles. The molecule has 0 aliphatic rings. The van der Waals surface area contributed by atoms with Crippen LogP contribution in [0.25, 0.3) is 0 Å². The fourth-order valence-corrected chi connectivity index (χ4v) is 2.21. The third kappa shape index (κ3) is 3.54. The second kappa shape index (κ2) is 7.33. The predicted octanol–water partition coefficient (Wildman–Crippen LogP) is 3.16. The molecule has 0 amide bonds. The molecule has 0 fully saturated rings. The zero-order valence-electron chi connectivity index (χ0n) is 12.7. The van der Waals surface area contributed by atoms with E-state index in [9.17, 15) is 0 Å². The summed E-state index contributed by atoms with van der Waals surface area (Å²) in [5.41, 5.74) is 4.63. The predicted molar refractivity (Wildman–Crippen MR) is 84.5 cm³/mol. The van der Waals surface area contributed by atoms with Crippen LogP contribution in [-0.2, 0) is 19.6 Å². The lowest BCUT2D eigenvalue weighted by atomic mass is 10.2. The highest BCUT2D eigenvalue weighted by Gasteiger charge is 2.07. The summed E-state index contributed by atoms with van der Waals surface area (Å²) < 4.78 is 4.02. The summed E-state index contributed by atoms with van der Waals surface area (Å²) in [4.78, 5) is 0. The second-order valence-electron chi connectivity index (χ2n) is 4.82. The van der Waals surface area contributed by atoms with Crippen molar-refractivity contribution in [2.45, 2.75) is 53.8 Å². The number of anilines is 1. The summed E-state index contributed by atoms with van der Waals surface area (Å²) in [6.07, 6.45) is 5.13. The van der Waals surface area contributed by atoms with Crippen LogP contribution < -0.4 is 5.32 Å². The maximum Gasteiger partial charge on any atom is 0.0758 e. The molecule has 0 saturated heterocycles. The van der Waals surface area contributed by atoms with Gasteiger partial charge in [-0.05, 0) is 27.2 Å². The number of aromatic nitrogens is 4. The molecular weight excluding hydrogens is 274 g/mol. The van der Waals surface area contributed by atoms with E-state index in [2.05, 4.69) is 49.4 Å². The minimum Gasteiger partial charge on any atom is -0.378 e. The Morgan fingerprint density at radius 2 is 2.00 bits per heavy atom. The van der Waals surface area contributed by atoms with Crippen LogP contribution in [0.5, 0.6) is 0 Å². The highest BCUT2D eigenvalue weighted by Crippen LogP contribution is 2.15. The van der Waals surface area contributed by atoms with Crippen molar-refractivity contribution in [2.24, 2.45) is 0 Å². The zero-order chi connectivity index (χ0) is 13.8. The van der Waals surface area contributed by atoms with E-state index in [1.165, 1.54) is 11.3 Å². The Morgan fingerprint density at radius 1 is 1.25 bits per heavy atom. The van der Waals surface area contributed by atoms with Crippen LogP contribution in [0.3, 0.4) is 0 Å². The summed E-state index contributed by atoms with van der Waals surface area (Å²) in [5, 5.41) is 12.3. The molecule has 0 saturated carbocycles. The molecule has 112 valence electrons. The van der Waals surface area contributed by atoms with Crippen molar-refractivity contribution in [3.63, 3.8) is 0 Å². The first-order valence-corrected chi connectivity index (χ1v) is 6.94. The first-order chi connectivity index (χ1) is 9.15. The van der Waals surface area contributed by atoms with Crippen molar-refractivity contribution in [1.82, 2.24) is 19.6 Å². The molecule has 1 N–H and O–H groups in total. The maximum atomic E-state index is 4.51. The Bertz CT molecular complexity index is 544. The van der Waals surface area contributed by atoms with Gasteiger partial charge in [0.05, 0.1) is 23.3 Å². The second-order valence-corrected chi connectivity index (χ2v) is 4.82. The van der Waals surface area contributed by atoms with E-state index in [-0.39, 0.29) is 12.4 Å². The molecule has 0 bridgehead atoms. The Balaban J connectivity index is 0.00000200. The number of aryl methyl sites for hydroxylation is 3. The molecule has 0 spiro atoms. The van der Waals surface area contributed by atoms with Crippen molar-refractivity contribution in [3.8, 4) is 0 Å². The van der Waals surface area contributed by atoms with Crippen LogP contribution in [0.15, 0.2) is 12.4 Å². The average Bonchev–Trinajstić information content (AvgIpc) is 2.91. The van der Waals surface area contributed by atoms with Gasteiger partial charge < -0.3 is 5.32 Å². The van der Waals surface area contributed by atoms with Gasteiger partial charge in [-0.3, -0.25) is 9.36 Å². The van der Waals surface area contributed by atoms with E-state index >= 15 is 0 Å². The number of nitrogens with one attached hydrogen (secondary N) is 1. The lowest BCUT2D eigenvalue weighted by Crippen LogP contribution is -2.03. The summed E-state index contributed by atoms with van der Waals surface area (Å²) in [6, 6.07) is 0. The normalized spacial score (nSPS) is 10.4. The smallest absolute Gasteiger partial charge is 0.0758 e. The number of hydrogen-bond acceptors (Lipinski definition) is 3. The van der Waals surface area contributed by atoms with Gasteiger partial charge in [0.15, 0.2) is 0 Å². The van der Waals surface area contributed by atoms with Crippen molar-refractivity contribution in [1.29, 1.82) is 0 Å². The molecule has 2 heterocycles. The zero-order valence-corrected chi connectivity index (χ0v) is 13.5. The highest BCUT2D eigenvalue weighted by atomic mass is 35.5. The van der Waals surface area contributed by atoms with E-state index in [1.807, 2.05) is 15.6 Å². The van der Waals surface area contributed by atoms with Crippen molar-refractivity contribution >= 4 is 18.1 Å². The highest BCUT2D eigenvalue weighted by molar-refractivity contribution is 5.85. The summed E-state index contributed by atoms with van der Waals surface area (Å²) in [7, 11) is 0. The van der Waals surface area contributed by atoms with Crippen molar-refractivity contribution in [3.05, 3.63) is 29.3 Å². The molecular formula is C14H24ClN5. The van der Waals surface area contributed by atoms with Gasteiger partial charge in [-0.1, -0.05) is 6.92 Å². The van der Waals surface area contributed by atoms with Gasteiger partial charge in [0.1, 0.15) is 0 Å². The topological polar surface area (TPSA) is 47.7 Å². The van der Waals surface area contributed by atoms with Crippen LogP contribution in [0, 0.1) is 13.8 Å². The Labute approximate surface area is 126 Å². The number of halogens is 1. The van der Waals surface area contributed by atoms with Crippen LogP contribution in [-0.4, -0.2) is 19.6 Å². The van der Waals surface area contributed by atoms with E-state index < -0.39 is 0 Å². The molecule has 5 nitrogen and oxygen atoms in total. The molecule has 0 radical (unpaired) electrons. The molecule has 0 aromatic carbocycles. The lowest BCUT2D eigenvalue weighted by Gasteiger charge is -2.05. The minimum atomic E-state index is 0. The molecule has 0 atom stereocenters. The van der Waals surface area contributed by atoms with Crippen LogP contribution in [0.2, 0.25) is 0 Å². The molecule has 2 rings (SSSR count).